The summed E-state index contributed by atoms with van der Waals surface area (Å²) in [7, 11) is 0. The third kappa shape index (κ3) is 5.86. The first-order valence-corrected chi connectivity index (χ1v) is 19.3. The lowest BCUT2D eigenvalue weighted by atomic mass is 9.90. The maximum Gasteiger partial charge on any atom is 0.135 e. The number of nitrogens with zero attached hydrogens (tertiary/aromatic N) is 2. The van der Waals surface area contributed by atoms with Gasteiger partial charge in [0.2, 0.25) is 0 Å². The lowest BCUT2D eigenvalue weighted by Crippen LogP contribution is -1.91. The summed E-state index contributed by atoms with van der Waals surface area (Å²) in [5, 5.41) is 5.05. The van der Waals surface area contributed by atoms with Crippen molar-refractivity contribution in [2.45, 2.75) is 0 Å². The number of fused-ring (bicyclic) bond motifs is 6. The van der Waals surface area contributed by atoms with Crippen molar-refractivity contribution in [3.63, 3.8) is 0 Å². The van der Waals surface area contributed by atoms with E-state index in [1.807, 2.05) is 73.1 Å². The molecule has 5 heteroatoms. The zero-order valence-corrected chi connectivity index (χ0v) is 31.2. The summed E-state index contributed by atoms with van der Waals surface area (Å²) < 4.78 is 12.1. The first kappa shape index (κ1) is 33.1. The zero-order valence-electron chi connectivity index (χ0n) is 30.5. The van der Waals surface area contributed by atoms with Crippen molar-refractivity contribution in [2.75, 3.05) is 0 Å². The van der Waals surface area contributed by atoms with Gasteiger partial charge in [0.05, 0.1) is 11.4 Å². The second kappa shape index (κ2) is 13.5. The van der Waals surface area contributed by atoms with E-state index in [1.54, 1.807) is 0 Å². The number of pyridine rings is 2. The maximum absolute atomic E-state index is 6.92. The molecular formula is C52H31ClN2O2. The number of furan rings is 2. The van der Waals surface area contributed by atoms with E-state index in [1.165, 1.54) is 0 Å². The normalized spacial score (nSPS) is 11.6. The van der Waals surface area contributed by atoms with Gasteiger partial charge in [0.1, 0.15) is 22.3 Å². The van der Waals surface area contributed by atoms with Crippen LogP contribution in [0.3, 0.4) is 0 Å². The minimum atomic E-state index is 0.665. The van der Waals surface area contributed by atoms with Gasteiger partial charge in [-0.05, 0) is 112 Å². The van der Waals surface area contributed by atoms with Crippen molar-refractivity contribution in [2.24, 2.45) is 0 Å². The fraction of sp³-hybridized carbons (Fsp3) is 0. The number of hydrogen-bond donors (Lipinski definition) is 0. The van der Waals surface area contributed by atoms with Crippen molar-refractivity contribution >= 4 is 55.5 Å². The molecule has 0 fully saturated rings. The van der Waals surface area contributed by atoms with E-state index in [2.05, 4.69) is 115 Å². The molecule has 0 saturated carbocycles. The summed E-state index contributed by atoms with van der Waals surface area (Å²) in [6, 6.07) is 60.4. The Morgan fingerprint density at radius 3 is 1.14 bits per heavy atom. The molecule has 11 rings (SSSR count). The Morgan fingerprint density at radius 1 is 0.316 bits per heavy atom. The SMILES string of the molecule is Clc1cc(-c2ccccc2-c2ccc(-c3ccc4oc5ccccc5c4c3)nc2)cc(-c2ccccc2-c2ccc(-c3ccc4oc5ccccc5c4c3)nc2)c1. The average Bonchev–Trinajstić information content (AvgIpc) is 3.84. The molecule has 0 aliphatic rings. The standard InChI is InChI=1S/C52H31ClN2O2/c53-38-26-36(41-11-3-1-9-39(41)34-17-21-47(54-30-34)32-19-23-51-45(28-32)43-13-5-7-15-49(43)56-51)25-37(27-38)42-12-4-2-10-40(42)35-18-22-48(55-31-35)33-20-24-52-46(29-33)44-14-6-8-16-50(44)57-52/h1-31H. The highest BCUT2D eigenvalue weighted by Crippen LogP contribution is 2.40. The van der Waals surface area contributed by atoms with Gasteiger partial charge < -0.3 is 8.83 Å². The van der Waals surface area contributed by atoms with Crippen LogP contribution in [0.25, 0.3) is 111 Å². The molecule has 268 valence electrons. The van der Waals surface area contributed by atoms with E-state index in [4.69, 9.17) is 30.4 Å². The van der Waals surface area contributed by atoms with Crippen LogP contribution in [0.2, 0.25) is 5.02 Å². The van der Waals surface area contributed by atoms with Crippen LogP contribution in [0.4, 0.5) is 0 Å². The fourth-order valence-corrected chi connectivity index (χ4v) is 8.33. The van der Waals surface area contributed by atoms with Crippen molar-refractivity contribution in [3.05, 3.63) is 193 Å². The largest absolute Gasteiger partial charge is 0.456 e. The molecule has 0 spiro atoms. The van der Waals surface area contributed by atoms with Gasteiger partial charge in [-0.3, -0.25) is 9.97 Å². The molecule has 11 aromatic rings. The van der Waals surface area contributed by atoms with Crippen molar-refractivity contribution in [1.82, 2.24) is 9.97 Å². The van der Waals surface area contributed by atoms with E-state index in [9.17, 15) is 0 Å². The smallest absolute Gasteiger partial charge is 0.135 e. The Balaban J connectivity index is 0.915. The van der Waals surface area contributed by atoms with Gasteiger partial charge in [-0.25, -0.2) is 0 Å². The van der Waals surface area contributed by atoms with Gasteiger partial charge in [-0.2, -0.15) is 0 Å². The predicted molar refractivity (Wildman–Crippen MR) is 234 cm³/mol. The first-order chi connectivity index (χ1) is 28.1. The molecular weight excluding hydrogens is 720 g/mol. The molecule has 0 radical (unpaired) electrons. The lowest BCUT2D eigenvalue weighted by Gasteiger charge is -2.15. The molecule has 0 unspecified atom stereocenters. The molecule has 0 aliphatic heterocycles. The van der Waals surface area contributed by atoms with Gasteiger partial charge in [0.25, 0.3) is 0 Å². The molecule has 7 aromatic carbocycles. The average molecular weight is 751 g/mol. The van der Waals surface area contributed by atoms with Crippen molar-refractivity contribution in [3.8, 4) is 67.0 Å². The molecule has 0 N–H and O–H groups in total. The molecule has 0 atom stereocenters. The van der Waals surface area contributed by atoms with Gasteiger partial charge in [-0.15, -0.1) is 0 Å². The molecule has 0 bridgehead atoms. The minimum absolute atomic E-state index is 0.665. The Morgan fingerprint density at radius 2 is 0.702 bits per heavy atom. The van der Waals surface area contributed by atoms with E-state index >= 15 is 0 Å². The number of aromatic nitrogens is 2. The summed E-state index contributed by atoms with van der Waals surface area (Å²) in [6.07, 6.45) is 3.91. The highest BCUT2D eigenvalue weighted by molar-refractivity contribution is 6.31. The van der Waals surface area contributed by atoms with Crippen LogP contribution in [0.1, 0.15) is 0 Å². The molecule has 4 heterocycles. The number of halogens is 1. The van der Waals surface area contributed by atoms with Crippen LogP contribution < -0.4 is 0 Å². The first-order valence-electron chi connectivity index (χ1n) is 18.9. The van der Waals surface area contributed by atoms with E-state index < -0.39 is 0 Å². The number of benzene rings is 7. The third-order valence-corrected chi connectivity index (χ3v) is 11.1. The second-order valence-corrected chi connectivity index (χ2v) is 14.7. The highest BCUT2D eigenvalue weighted by Gasteiger charge is 2.15. The summed E-state index contributed by atoms with van der Waals surface area (Å²) in [5.41, 5.74) is 15.8. The topological polar surface area (TPSA) is 52.1 Å². The summed E-state index contributed by atoms with van der Waals surface area (Å²) in [5.74, 6) is 0. The lowest BCUT2D eigenvalue weighted by molar-refractivity contribution is 0.668. The molecule has 0 saturated heterocycles. The number of hydrogen-bond acceptors (Lipinski definition) is 4. The van der Waals surface area contributed by atoms with Crippen LogP contribution in [0.5, 0.6) is 0 Å². The molecule has 4 nitrogen and oxygen atoms in total. The Hall–Kier alpha value is -7.27. The molecule has 4 aromatic heterocycles. The summed E-state index contributed by atoms with van der Waals surface area (Å²) in [6.45, 7) is 0. The van der Waals surface area contributed by atoms with Gasteiger partial charge in [-0.1, -0.05) is 109 Å². The van der Waals surface area contributed by atoms with Crippen molar-refractivity contribution < 1.29 is 8.83 Å². The van der Waals surface area contributed by atoms with Crippen LogP contribution in [-0.2, 0) is 0 Å². The monoisotopic (exact) mass is 750 g/mol. The van der Waals surface area contributed by atoms with Crippen LogP contribution >= 0.6 is 11.6 Å². The van der Waals surface area contributed by atoms with Gasteiger partial charge >= 0.3 is 0 Å². The maximum atomic E-state index is 6.92. The predicted octanol–water partition coefficient (Wildman–Crippen LogP) is 14.9. The Labute approximate surface area is 333 Å². The second-order valence-electron chi connectivity index (χ2n) is 14.3. The van der Waals surface area contributed by atoms with Crippen LogP contribution in [0.15, 0.2) is 197 Å². The van der Waals surface area contributed by atoms with E-state index in [-0.39, 0.29) is 0 Å². The van der Waals surface area contributed by atoms with E-state index in [0.29, 0.717) is 5.02 Å². The van der Waals surface area contributed by atoms with Gasteiger partial charge in [0.15, 0.2) is 0 Å². The van der Waals surface area contributed by atoms with Crippen LogP contribution in [-0.4, -0.2) is 9.97 Å². The van der Waals surface area contributed by atoms with Crippen molar-refractivity contribution in [1.29, 1.82) is 0 Å². The molecule has 57 heavy (non-hydrogen) atoms. The number of para-hydroxylation sites is 2. The number of rotatable bonds is 6. The van der Waals surface area contributed by atoms with Crippen LogP contribution in [0, 0.1) is 0 Å². The zero-order chi connectivity index (χ0) is 37.9. The molecule has 0 amide bonds. The third-order valence-electron chi connectivity index (χ3n) is 10.9. The summed E-state index contributed by atoms with van der Waals surface area (Å²) >= 11 is 6.92. The minimum Gasteiger partial charge on any atom is -0.456 e. The Bertz CT molecular complexity index is 3090. The molecule has 0 aliphatic carbocycles. The Kier molecular flexibility index (Phi) is 7.83. The van der Waals surface area contributed by atoms with E-state index in [0.717, 1.165) is 111 Å². The quantitative estimate of drug-likeness (QED) is 0.170. The fourth-order valence-electron chi connectivity index (χ4n) is 8.09. The van der Waals surface area contributed by atoms with Gasteiger partial charge in [0, 0.05) is 61.2 Å². The highest BCUT2D eigenvalue weighted by atomic mass is 35.5. The summed E-state index contributed by atoms with van der Waals surface area (Å²) in [4.78, 5) is 9.88.